The van der Waals surface area contributed by atoms with Crippen molar-refractivity contribution in [2.24, 2.45) is 0 Å². The molecule has 0 amide bonds. The maximum atomic E-state index is 11.5. The molecule has 0 aromatic heterocycles. The fourth-order valence-corrected chi connectivity index (χ4v) is 3.23. The average molecular weight is 457 g/mol. The number of hydrogen-bond acceptors (Lipinski definition) is 7. The van der Waals surface area contributed by atoms with Crippen molar-refractivity contribution in [1.82, 2.24) is 0 Å². The van der Waals surface area contributed by atoms with Crippen LogP contribution in [0.3, 0.4) is 0 Å². The Hall–Kier alpha value is -0.410. The van der Waals surface area contributed by atoms with Gasteiger partial charge in [-0.3, -0.25) is 0 Å². The summed E-state index contributed by atoms with van der Waals surface area (Å²) >= 11 is 0. The van der Waals surface area contributed by atoms with Crippen LogP contribution in [0.15, 0.2) is 12.2 Å². The SMILES string of the molecule is CCCCCCCCCCCCCCOC(=O)/C=C\C(=O)OCCCS(=O)(=O)[O-].[Na+]. The van der Waals surface area contributed by atoms with Gasteiger partial charge in [-0.2, -0.15) is 0 Å². The Balaban J connectivity index is 0. The summed E-state index contributed by atoms with van der Waals surface area (Å²) in [6.45, 7) is 2.35. The molecular weight excluding hydrogens is 419 g/mol. The topological polar surface area (TPSA) is 110 Å². The van der Waals surface area contributed by atoms with Gasteiger partial charge in [0.1, 0.15) is 0 Å². The van der Waals surface area contributed by atoms with Gasteiger partial charge in [0.15, 0.2) is 0 Å². The molecule has 0 radical (unpaired) electrons. The van der Waals surface area contributed by atoms with E-state index in [0.717, 1.165) is 31.4 Å². The number of carbonyl (C=O) groups excluding carboxylic acids is 2. The van der Waals surface area contributed by atoms with Crippen LogP contribution < -0.4 is 29.6 Å². The summed E-state index contributed by atoms with van der Waals surface area (Å²) in [5.41, 5.74) is 0. The van der Waals surface area contributed by atoms with Gasteiger partial charge in [-0.25, -0.2) is 18.0 Å². The van der Waals surface area contributed by atoms with Crippen molar-refractivity contribution in [3.8, 4) is 0 Å². The molecule has 0 saturated carbocycles. The van der Waals surface area contributed by atoms with Crippen molar-refractivity contribution in [2.75, 3.05) is 19.0 Å². The summed E-state index contributed by atoms with van der Waals surface area (Å²) in [6.07, 6.45) is 16.6. The number of carbonyl (C=O) groups is 2. The van der Waals surface area contributed by atoms with Crippen LogP contribution >= 0.6 is 0 Å². The maximum absolute atomic E-state index is 11.5. The predicted molar refractivity (Wildman–Crippen MR) is 111 cm³/mol. The van der Waals surface area contributed by atoms with E-state index >= 15 is 0 Å². The molecule has 0 fully saturated rings. The van der Waals surface area contributed by atoms with Crippen LogP contribution in [0.1, 0.15) is 90.4 Å². The summed E-state index contributed by atoms with van der Waals surface area (Å²) in [4.78, 5) is 22.8. The summed E-state index contributed by atoms with van der Waals surface area (Å²) in [6, 6.07) is 0. The molecule has 0 aliphatic carbocycles. The van der Waals surface area contributed by atoms with Crippen LogP contribution in [0.25, 0.3) is 0 Å². The third kappa shape index (κ3) is 25.6. The fourth-order valence-electron chi connectivity index (χ4n) is 2.76. The normalized spacial score (nSPS) is 11.3. The van der Waals surface area contributed by atoms with Gasteiger partial charge < -0.3 is 14.0 Å². The van der Waals surface area contributed by atoms with Gasteiger partial charge in [0.25, 0.3) is 0 Å². The molecule has 0 aliphatic heterocycles. The first kappa shape index (κ1) is 31.8. The van der Waals surface area contributed by atoms with E-state index in [2.05, 4.69) is 11.7 Å². The molecular formula is C21H37NaO7S. The predicted octanol–water partition coefficient (Wildman–Crippen LogP) is 1.27. The molecule has 0 aromatic carbocycles. The molecule has 0 aromatic rings. The zero-order chi connectivity index (χ0) is 21.8. The first-order valence-electron chi connectivity index (χ1n) is 10.8. The van der Waals surface area contributed by atoms with E-state index in [1.54, 1.807) is 0 Å². The minimum Gasteiger partial charge on any atom is -0.748 e. The van der Waals surface area contributed by atoms with Crippen molar-refractivity contribution in [3.63, 3.8) is 0 Å². The van der Waals surface area contributed by atoms with E-state index in [-0.39, 0.29) is 42.6 Å². The molecule has 170 valence electrons. The van der Waals surface area contributed by atoms with E-state index in [0.29, 0.717) is 6.61 Å². The van der Waals surface area contributed by atoms with Crippen LogP contribution in [0.5, 0.6) is 0 Å². The van der Waals surface area contributed by atoms with Crippen LogP contribution in [0, 0.1) is 0 Å². The largest absolute Gasteiger partial charge is 1.00 e. The number of rotatable bonds is 19. The Morgan fingerprint density at radius 1 is 0.700 bits per heavy atom. The molecule has 0 aliphatic rings. The molecule has 30 heavy (non-hydrogen) atoms. The van der Waals surface area contributed by atoms with Gasteiger partial charge in [-0.15, -0.1) is 0 Å². The van der Waals surface area contributed by atoms with E-state index in [1.807, 2.05) is 0 Å². The van der Waals surface area contributed by atoms with E-state index in [4.69, 9.17) is 4.74 Å². The van der Waals surface area contributed by atoms with E-state index in [1.165, 1.54) is 57.8 Å². The molecule has 0 saturated heterocycles. The van der Waals surface area contributed by atoms with Gasteiger partial charge in [-0.1, -0.05) is 77.6 Å². The number of unbranched alkanes of at least 4 members (excludes halogenated alkanes) is 11. The minimum atomic E-state index is -4.31. The van der Waals surface area contributed by atoms with Gasteiger partial charge in [0.2, 0.25) is 0 Å². The molecule has 0 bridgehead atoms. The molecule has 0 spiro atoms. The zero-order valence-corrected chi connectivity index (χ0v) is 21.6. The molecule has 0 heterocycles. The van der Waals surface area contributed by atoms with Gasteiger partial charge >= 0.3 is 41.5 Å². The molecule has 0 unspecified atom stereocenters. The first-order chi connectivity index (χ1) is 13.8. The molecule has 7 nitrogen and oxygen atoms in total. The Morgan fingerprint density at radius 3 is 1.47 bits per heavy atom. The summed E-state index contributed by atoms with van der Waals surface area (Å²) in [5, 5.41) is 0. The first-order valence-corrected chi connectivity index (χ1v) is 12.4. The molecule has 0 rings (SSSR count). The Bertz CT molecular complexity index is 562. The van der Waals surface area contributed by atoms with Crippen molar-refractivity contribution in [1.29, 1.82) is 0 Å². The third-order valence-corrected chi connectivity index (χ3v) is 5.17. The molecule has 0 atom stereocenters. The number of hydrogen-bond donors (Lipinski definition) is 0. The summed E-state index contributed by atoms with van der Waals surface area (Å²) < 4.78 is 40.8. The Morgan fingerprint density at radius 2 is 1.07 bits per heavy atom. The molecule has 9 heteroatoms. The van der Waals surface area contributed by atoms with Crippen LogP contribution in [0.4, 0.5) is 0 Å². The second kappa shape index (κ2) is 21.8. The van der Waals surface area contributed by atoms with Crippen molar-refractivity contribution in [2.45, 2.75) is 90.4 Å². The minimum absolute atomic E-state index is 0. The fraction of sp³-hybridized carbons (Fsp3) is 0.810. The Kier molecular flexibility index (Phi) is 23.1. The van der Waals surface area contributed by atoms with Crippen LogP contribution in [-0.4, -0.2) is 43.9 Å². The van der Waals surface area contributed by atoms with Crippen molar-refractivity contribution >= 4 is 22.1 Å². The monoisotopic (exact) mass is 456 g/mol. The second-order valence-corrected chi connectivity index (χ2v) is 8.70. The molecule has 0 N–H and O–H groups in total. The second-order valence-electron chi connectivity index (χ2n) is 7.17. The zero-order valence-electron chi connectivity index (χ0n) is 18.7. The average Bonchev–Trinajstić information content (AvgIpc) is 2.66. The van der Waals surface area contributed by atoms with Gasteiger partial charge in [0.05, 0.1) is 23.3 Å². The Labute approximate surface area is 204 Å². The quantitative estimate of drug-likeness (QED) is 0.0946. The van der Waals surface area contributed by atoms with Crippen molar-refractivity contribution < 1.29 is 61.6 Å². The third-order valence-electron chi connectivity index (χ3n) is 4.38. The van der Waals surface area contributed by atoms with E-state index in [9.17, 15) is 22.6 Å². The number of esters is 2. The van der Waals surface area contributed by atoms with Crippen molar-refractivity contribution in [3.05, 3.63) is 12.2 Å². The maximum Gasteiger partial charge on any atom is 1.00 e. The summed E-state index contributed by atoms with van der Waals surface area (Å²) in [5.74, 6) is -1.99. The van der Waals surface area contributed by atoms with Gasteiger partial charge in [-0.05, 0) is 12.8 Å². The van der Waals surface area contributed by atoms with E-state index < -0.39 is 27.8 Å². The standard InChI is InChI=1S/C21H38O7S.Na/c1-2-3-4-5-6-7-8-9-10-11-12-13-17-27-20(22)15-16-21(23)28-18-14-19-29(24,25)26;/h15-16H,2-14,17-19H2,1H3,(H,24,25,26);/q;+1/p-1/b16-15-;. The summed E-state index contributed by atoms with van der Waals surface area (Å²) in [7, 11) is -4.31. The smallest absolute Gasteiger partial charge is 0.748 e. The van der Waals surface area contributed by atoms with Crippen LogP contribution in [-0.2, 0) is 29.2 Å². The van der Waals surface area contributed by atoms with Crippen LogP contribution in [0.2, 0.25) is 0 Å². The number of ether oxygens (including phenoxy) is 2. The van der Waals surface area contributed by atoms with Gasteiger partial charge in [0, 0.05) is 17.9 Å².